The van der Waals surface area contributed by atoms with E-state index in [2.05, 4.69) is 4.74 Å². The number of carbonyl (C=O) groups is 2. The van der Waals surface area contributed by atoms with E-state index in [-0.39, 0.29) is 19.5 Å². The SMILES string of the molecule is COC(=O)/C=C/C(=O)O.[Zn]. The smallest absolute Gasteiger partial charge is 0.330 e. The second kappa shape index (κ2) is 6.42. The summed E-state index contributed by atoms with van der Waals surface area (Å²) >= 11 is 0. The Balaban J connectivity index is 0. The molecule has 0 spiro atoms. The second-order valence-corrected chi connectivity index (χ2v) is 1.19. The first-order valence-corrected chi connectivity index (χ1v) is 2.15. The third-order valence-electron chi connectivity index (χ3n) is 0.563. The molecule has 0 fully saturated rings. The molecule has 0 aliphatic heterocycles. The minimum absolute atomic E-state index is 0. The number of carboxylic acids is 1. The van der Waals surface area contributed by atoms with Crippen molar-refractivity contribution in [1.82, 2.24) is 0 Å². The van der Waals surface area contributed by atoms with Crippen LogP contribution >= 0.6 is 0 Å². The van der Waals surface area contributed by atoms with E-state index in [9.17, 15) is 9.59 Å². The maximum absolute atomic E-state index is 10.1. The number of methoxy groups -OCH3 is 1. The predicted octanol–water partition coefficient (Wildman–Crippen LogP) is -0.202. The van der Waals surface area contributed by atoms with Crippen LogP contribution in [0.25, 0.3) is 0 Å². The van der Waals surface area contributed by atoms with Crippen LogP contribution in [0.15, 0.2) is 12.2 Å². The molecule has 1 N–H and O–H groups in total. The monoisotopic (exact) mass is 194 g/mol. The molecule has 0 aromatic heterocycles. The Kier molecular flexibility index (Phi) is 7.72. The average molecular weight is 195 g/mol. The van der Waals surface area contributed by atoms with Crippen molar-refractivity contribution in [3.8, 4) is 0 Å². The zero-order valence-corrected chi connectivity index (χ0v) is 8.50. The molecule has 0 rings (SSSR count). The number of ether oxygens (including phenoxy) is 1. The van der Waals surface area contributed by atoms with Gasteiger partial charge in [0.2, 0.25) is 0 Å². The fraction of sp³-hybridized carbons (Fsp3) is 0.200. The summed E-state index contributed by atoms with van der Waals surface area (Å²) in [5.41, 5.74) is 0. The average Bonchev–Trinajstić information content (AvgIpc) is 1.83. The van der Waals surface area contributed by atoms with Gasteiger partial charge in [-0.2, -0.15) is 0 Å². The molecule has 4 nitrogen and oxygen atoms in total. The molecule has 10 heavy (non-hydrogen) atoms. The van der Waals surface area contributed by atoms with Crippen LogP contribution in [0.5, 0.6) is 0 Å². The van der Waals surface area contributed by atoms with Gasteiger partial charge in [0, 0.05) is 31.6 Å². The van der Waals surface area contributed by atoms with E-state index in [1.165, 1.54) is 7.11 Å². The van der Waals surface area contributed by atoms with Crippen molar-refractivity contribution in [2.75, 3.05) is 7.11 Å². The summed E-state index contributed by atoms with van der Waals surface area (Å²) in [4.78, 5) is 19.9. The van der Waals surface area contributed by atoms with Crippen LogP contribution in [-0.4, -0.2) is 24.2 Å². The first-order valence-electron chi connectivity index (χ1n) is 2.15. The molecular formula is C5H6O4Zn. The number of hydrogen-bond donors (Lipinski definition) is 1. The van der Waals surface area contributed by atoms with E-state index in [1.54, 1.807) is 0 Å². The number of rotatable bonds is 2. The summed E-state index contributed by atoms with van der Waals surface area (Å²) in [6.45, 7) is 0. The van der Waals surface area contributed by atoms with Gasteiger partial charge in [-0.3, -0.25) is 0 Å². The van der Waals surface area contributed by atoms with E-state index in [0.717, 1.165) is 6.08 Å². The van der Waals surface area contributed by atoms with Gasteiger partial charge < -0.3 is 9.84 Å². The molecule has 0 aliphatic carbocycles. The minimum Gasteiger partial charge on any atom is -0.478 e. The molecular weight excluding hydrogens is 189 g/mol. The minimum atomic E-state index is -1.17. The molecule has 0 aromatic rings. The molecule has 0 saturated carbocycles. The summed E-state index contributed by atoms with van der Waals surface area (Å²) in [5.74, 6) is -1.84. The zero-order valence-electron chi connectivity index (χ0n) is 5.53. The Morgan fingerprint density at radius 3 is 2.20 bits per heavy atom. The van der Waals surface area contributed by atoms with Crippen molar-refractivity contribution in [2.45, 2.75) is 0 Å². The van der Waals surface area contributed by atoms with Crippen molar-refractivity contribution >= 4 is 11.9 Å². The van der Waals surface area contributed by atoms with Gasteiger partial charge in [0.25, 0.3) is 0 Å². The number of esters is 1. The van der Waals surface area contributed by atoms with Gasteiger partial charge in [-0.1, -0.05) is 0 Å². The van der Waals surface area contributed by atoms with Crippen LogP contribution in [0, 0.1) is 0 Å². The van der Waals surface area contributed by atoms with Crippen molar-refractivity contribution in [1.29, 1.82) is 0 Å². The van der Waals surface area contributed by atoms with Gasteiger partial charge >= 0.3 is 11.9 Å². The van der Waals surface area contributed by atoms with Crippen molar-refractivity contribution in [3.05, 3.63) is 12.2 Å². The van der Waals surface area contributed by atoms with Crippen molar-refractivity contribution in [2.24, 2.45) is 0 Å². The summed E-state index contributed by atoms with van der Waals surface area (Å²) < 4.78 is 4.11. The molecule has 0 heterocycles. The molecule has 0 unspecified atom stereocenters. The number of aliphatic carboxylic acids is 1. The van der Waals surface area contributed by atoms with E-state index < -0.39 is 11.9 Å². The third-order valence-corrected chi connectivity index (χ3v) is 0.563. The maximum Gasteiger partial charge on any atom is 0.330 e. The molecule has 0 bridgehead atoms. The van der Waals surface area contributed by atoms with E-state index in [4.69, 9.17) is 5.11 Å². The Labute approximate surface area is 70.6 Å². The van der Waals surface area contributed by atoms with Crippen LogP contribution in [0.3, 0.4) is 0 Å². The van der Waals surface area contributed by atoms with Gasteiger partial charge in [0.05, 0.1) is 7.11 Å². The van der Waals surface area contributed by atoms with Gasteiger partial charge in [-0.25, -0.2) is 9.59 Å². The van der Waals surface area contributed by atoms with Crippen molar-refractivity contribution in [3.63, 3.8) is 0 Å². The van der Waals surface area contributed by atoms with Gasteiger partial charge in [0.15, 0.2) is 0 Å². The van der Waals surface area contributed by atoms with Crippen molar-refractivity contribution < 1.29 is 38.9 Å². The van der Waals surface area contributed by atoms with Crippen LogP contribution < -0.4 is 0 Å². The largest absolute Gasteiger partial charge is 0.478 e. The summed E-state index contributed by atoms with van der Waals surface area (Å²) in [6, 6.07) is 0. The standard InChI is InChI=1S/C5H6O4.Zn/c1-9-5(8)3-2-4(6)7;/h2-3H,1H3,(H,6,7);/b3-2+;. The van der Waals surface area contributed by atoms with Crippen LogP contribution in [0.1, 0.15) is 0 Å². The summed E-state index contributed by atoms with van der Waals surface area (Å²) in [6.07, 6.45) is 1.55. The first kappa shape index (κ1) is 12.0. The zero-order chi connectivity index (χ0) is 7.28. The van der Waals surface area contributed by atoms with Gasteiger partial charge in [0.1, 0.15) is 0 Å². The van der Waals surface area contributed by atoms with Crippen LogP contribution in [0.2, 0.25) is 0 Å². The number of carbonyl (C=O) groups excluding carboxylic acids is 1. The molecule has 0 radical (unpaired) electrons. The molecule has 0 amide bonds. The normalized spacial score (nSPS) is 8.50. The number of hydrogen-bond acceptors (Lipinski definition) is 3. The fourth-order valence-corrected chi connectivity index (χ4v) is 0.207. The molecule has 0 atom stereocenters. The second-order valence-electron chi connectivity index (χ2n) is 1.19. The third kappa shape index (κ3) is 7.30. The topological polar surface area (TPSA) is 63.6 Å². The quantitative estimate of drug-likeness (QED) is 0.376. The summed E-state index contributed by atoms with van der Waals surface area (Å²) in [5, 5.41) is 7.96. The molecule has 0 aliphatic rings. The Hall–Kier alpha value is -0.697. The molecule has 0 aromatic carbocycles. The maximum atomic E-state index is 10.1. The molecule has 52 valence electrons. The molecule has 5 heteroatoms. The van der Waals surface area contributed by atoms with Gasteiger partial charge in [-0.05, 0) is 0 Å². The van der Waals surface area contributed by atoms with Crippen LogP contribution in [0.4, 0.5) is 0 Å². The Morgan fingerprint density at radius 1 is 1.40 bits per heavy atom. The van der Waals surface area contributed by atoms with E-state index in [1.807, 2.05) is 0 Å². The summed E-state index contributed by atoms with van der Waals surface area (Å²) in [7, 11) is 1.18. The van der Waals surface area contributed by atoms with E-state index in [0.29, 0.717) is 6.08 Å². The van der Waals surface area contributed by atoms with Crippen LogP contribution in [-0.2, 0) is 33.8 Å². The Morgan fingerprint density at radius 2 is 1.90 bits per heavy atom. The first-order chi connectivity index (χ1) is 4.16. The van der Waals surface area contributed by atoms with E-state index >= 15 is 0 Å². The number of carboxylic acid groups (broad SMARTS) is 1. The predicted molar refractivity (Wildman–Crippen MR) is 28.8 cm³/mol. The van der Waals surface area contributed by atoms with Gasteiger partial charge in [-0.15, -0.1) is 0 Å². The fourth-order valence-electron chi connectivity index (χ4n) is 0.207. The Bertz CT molecular complexity index is 152. The molecule has 0 saturated heterocycles.